The van der Waals surface area contributed by atoms with Gasteiger partial charge in [0.2, 0.25) is 5.91 Å². The summed E-state index contributed by atoms with van der Waals surface area (Å²) in [7, 11) is 0. The topological polar surface area (TPSA) is 66.4 Å². The van der Waals surface area contributed by atoms with Crippen LogP contribution >= 0.6 is 0 Å². The van der Waals surface area contributed by atoms with E-state index in [9.17, 15) is 14.7 Å². The summed E-state index contributed by atoms with van der Waals surface area (Å²) in [6.45, 7) is 9.10. The van der Waals surface area contributed by atoms with E-state index < -0.39 is 5.97 Å². The minimum atomic E-state index is -1.03. The Kier molecular flexibility index (Phi) is 4.26. The first-order valence-corrected chi connectivity index (χ1v) is 8.98. The molecule has 1 aromatic carbocycles. The van der Waals surface area contributed by atoms with Crippen molar-refractivity contribution in [1.82, 2.24) is 0 Å². The van der Waals surface area contributed by atoms with E-state index in [2.05, 4.69) is 33.0 Å². The number of hydrogen-bond acceptors (Lipinski definition) is 2. The standard InChI is InChI=1S/C21H27NO3/c1-20(2)9-10-21(3,4)16-12-13(11-15(16)20)18(23)22-17-8-6-5-7-14(17)19(24)25/h5-8,13H,9-12H2,1-4H3,(H,22,23)(H,24,25). The van der Waals surface area contributed by atoms with Gasteiger partial charge in [-0.2, -0.15) is 0 Å². The number of carboxylic acid groups (broad SMARTS) is 1. The van der Waals surface area contributed by atoms with E-state index >= 15 is 0 Å². The first kappa shape index (κ1) is 17.7. The zero-order chi connectivity index (χ0) is 18.4. The van der Waals surface area contributed by atoms with Gasteiger partial charge < -0.3 is 10.4 Å². The van der Waals surface area contributed by atoms with E-state index in [4.69, 9.17) is 0 Å². The van der Waals surface area contributed by atoms with Gasteiger partial charge in [-0.25, -0.2) is 4.79 Å². The Hall–Kier alpha value is -2.10. The number of carbonyl (C=O) groups excluding carboxylic acids is 1. The highest BCUT2D eigenvalue weighted by molar-refractivity contribution is 6.01. The van der Waals surface area contributed by atoms with E-state index in [0.717, 1.165) is 25.7 Å². The van der Waals surface area contributed by atoms with E-state index in [1.54, 1.807) is 18.2 Å². The molecule has 2 aliphatic rings. The van der Waals surface area contributed by atoms with E-state index in [-0.39, 0.29) is 28.2 Å². The van der Waals surface area contributed by atoms with Crippen molar-refractivity contribution in [3.05, 3.63) is 41.0 Å². The molecule has 2 aliphatic carbocycles. The average Bonchev–Trinajstić information content (AvgIpc) is 3.00. The number of nitrogens with one attached hydrogen (secondary N) is 1. The third-order valence-electron chi connectivity index (χ3n) is 6.06. The number of anilines is 1. The number of rotatable bonds is 3. The molecule has 0 aliphatic heterocycles. The third kappa shape index (κ3) is 3.22. The lowest BCUT2D eigenvalue weighted by atomic mass is 9.64. The molecule has 1 amide bonds. The summed E-state index contributed by atoms with van der Waals surface area (Å²) in [6.07, 6.45) is 3.86. The van der Waals surface area contributed by atoms with Gasteiger partial charge in [-0.15, -0.1) is 0 Å². The summed E-state index contributed by atoms with van der Waals surface area (Å²) in [5, 5.41) is 12.1. The van der Waals surface area contributed by atoms with Crippen molar-refractivity contribution in [3.63, 3.8) is 0 Å². The molecule has 25 heavy (non-hydrogen) atoms. The minimum Gasteiger partial charge on any atom is -0.478 e. The summed E-state index contributed by atoms with van der Waals surface area (Å²) in [5.41, 5.74) is 3.69. The molecule has 0 unspecified atom stereocenters. The van der Waals surface area contributed by atoms with Crippen LogP contribution in [0.5, 0.6) is 0 Å². The number of para-hydroxylation sites is 1. The predicted octanol–water partition coefficient (Wildman–Crippen LogP) is 4.88. The zero-order valence-electron chi connectivity index (χ0n) is 15.5. The van der Waals surface area contributed by atoms with Crippen LogP contribution in [-0.2, 0) is 4.79 Å². The Bertz CT molecular complexity index is 730. The summed E-state index contributed by atoms with van der Waals surface area (Å²) >= 11 is 0. The van der Waals surface area contributed by atoms with Gasteiger partial charge in [0.15, 0.2) is 0 Å². The molecule has 0 heterocycles. The number of carbonyl (C=O) groups is 2. The maximum absolute atomic E-state index is 12.8. The highest BCUT2D eigenvalue weighted by Crippen LogP contribution is 2.56. The molecule has 3 rings (SSSR count). The van der Waals surface area contributed by atoms with Gasteiger partial charge in [0.05, 0.1) is 11.3 Å². The Labute approximate surface area is 149 Å². The van der Waals surface area contributed by atoms with Crippen molar-refractivity contribution >= 4 is 17.6 Å². The van der Waals surface area contributed by atoms with Crippen LogP contribution in [-0.4, -0.2) is 17.0 Å². The van der Waals surface area contributed by atoms with Crippen LogP contribution < -0.4 is 5.32 Å². The summed E-state index contributed by atoms with van der Waals surface area (Å²) in [4.78, 5) is 24.2. The zero-order valence-corrected chi connectivity index (χ0v) is 15.5. The molecule has 1 aromatic rings. The number of benzene rings is 1. The summed E-state index contributed by atoms with van der Waals surface area (Å²) in [5.74, 6) is -1.21. The molecule has 0 saturated heterocycles. The fourth-order valence-electron chi connectivity index (χ4n) is 4.31. The summed E-state index contributed by atoms with van der Waals surface area (Å²) in [6, 6.07) is 6.58. The highest BCUT2D eigenvalue weighted by Gasteiger charge is 2.45. The Morgan fingerprint density at radius 2 is 1.52 bits per heavy atom. The number of aromatic carboxylic acids is 1. The second-order valence-electron chi connectivity index (χ2n) is 8.67. The molecular formula is C21H27NO3. The smallest absolute Gasteiger partial charge is 0.337 e. The second-order valence-corrected chi connectivity index (χ2v) is 8.67. The maximum Gasteiger partial charge on any atom is 0.337 e. The molecule has 134 valence electrons. The number of carboxylic acids is 1. The molecule has 4 nitrogen and oxygen atoms in total. The SMILES string of the molecule is CC1(C)CCC(C)(C)C2=C1CC(C(=O)Nc1ccccc1C(=O)O)C2. The second kappa shape index (κ2) is 6.01. The number of amides is 1. The molecule has 0 fully saturated rings. The Balaban J connectivity index is 1.80. The van der Waals surface area contributed by atoms with Crippen LogP contribution in [0.3, 0.4) is 0 Å². The van der Waals surface area contributed by atoms with Gasteiger partial charge in [-0.05, 0) is 48.6 Å². The first-order valence-electron chi connectivity index (χ1n) is 8.98. The van der Waals surface area contributed by atoms with E-state index in [1.807, 2.05) is 0 Å². The van der Waals surface area contributed by atoms with Gasteiger partial charge >= 0.3 is 5.97 Å². The van der Waals surface area contributed by atoms with Gasteiger partial charge in [0.1, 0.15) is 0 Å². The van der Waals surface area contributed by atoms with Gasteiger partial charge in [0, 0.05) is 5.92 Å². The molecular weight excluding hydrogens is 314 g/mol. The Morgan fingerprint density at radius 3 is 2.04 bits per heavy atom. The van der Waals surface area contributed by atoms with Crippen LogP contribution in [0.25, 0.3) is 0 Å². The molecule has 0 atom stereocenters. The van der Waals surface area contributed by atoms with Crippen molar-refractivity contribution in [3.8, 4) is 0 Å². The number of hydrogen-bond donors (Lipinski definition) is 2. The normalized spacial score (nSPS) is 21.8. The van der Waals surface area contributed by atoms with Crippen LogP contribution in [0.1, 0.15) is 63.7 Å². The molecule has 0 radical (unpaired) electrons. The lowest BCUT2D eigenvalue weighted by Gasteiger charge is -2.41. The van der Waals surface area contributed by atoms with Crippen molar-refractivity contribution in [2.24, 2.45) is 16.7 Å². The van der Waals surface area contributed by atoms with Crippen molar-refractivity contribution in [2.75, 3.05) is 5.32 Å². The summed E-state index contributed by atoms with van der Waals surface area (Å²) < 4.78 is 0. The fraction of sp³-hybridized carbons (Fsp3) is 0.524. The van der Waals surface area contributed by atoms with Crippen LogP contribution in [0.2, 0.25) is 0 Å². The monoisotopic (exact) mass is 341 g/mol. The van der Waals surface area contributed by atoms with Crippen LogP contribution in [0, 0.1) is 16.7 Å². The first-order chi connectivity index (χ1) is 11.6. The molecule has 2 N–H and O–H groups in total. The van der Waals surface area contributed by atoms with E-state index in [0.29, 0.717) is 5.69 Å². The quantitative estimate of drug-likeness (QED) is 0.770. The van der Waals surface area contributed by atoms with Crippen LogP contribution in [0.4, 0.5) is 5.69 Å². The molecule has 0 bridgehead atoms. The molecule has 0 saturated carbocycles. The van der Waals surface area contributed by atoms with Gasteiger partial charge in [-0.1, -0.05) is 51.0 Å². The predicted molar refractivity (Wildman–Crippen MR) is 98.6 cm³/mol. The molecule has 0 aromatic heterocycles. The van der Waals surface area contributed by atoms with Crippen LogP contribution in [0.15, 0.2) is 35.4 Å². The third-order valence-corrected chi connectivity index (χ3v) is 6.06. The maximum atomic E-state index is 12.8. The minimum absolute atomic E-state index is 0.0744. The number of allylic oxidation sites excluding steroid dienone is 2. The van der Waals surface area contributed by atoms with Crippen molar-refractivity contribution in [1.29, 1.82) is 0 Å². The molecule has 0 spiro atoms. The van der Waals surface area contributed by atoms with Gasteiger partial charge in [-0.3, -0.25) is 4.79 Å². The average molecular weight is 341 g/mol. The van der Waals surface area contributed by atoms with Gasteiger partial charge in [0.25, 0.3) is 0 Å². The lowest BCUT2D eigenvalue weighted by Crippen LogP contribution is -2.28. The highest BCUT2D eigenvalue weighted by atomic mass is 16.4. The largest absolute Gasteiger partial charge is 0.478 e. The van der Waals surface area contributed by atoms with E-state index in [1.165, 1.54) is 17.2 Å². The molecule has 4 heteroatoms. The van der Waals surface area contributed by atoms with Crippen molar-refractivity contribution < 1.29 is 14.7 Å². The lowest BCUT2D eigenvalue weighted by molar-refractivity contribution is -0.119. The Morgan fingerprint density at radius 1 is 1.00 bits per heavy atom. The fourth-order valence-corrected chi connectivity index (χ4v) is 4.31. The van der Waals surface area contributed by atoms with Crippen molar-refractivity contribution in [2.45, 2.75) is 53.4 Å².